The predicted octanol–water partition coefficient (Wildman–Crippen LogP) is 2.43. The van der Waals surface area contributed by atoms with Crippen LogP contribution in [0.4, 0.5) is 0 Å². The fourth-order valence-electron chi connectivity index (χ4n) is 4.09. The Bertz CT molecular complexity index is 670. The largest absolute Gasteiger partial charge is 0.342 e. The highest BCUT2D eigenvalue weighted by Gasteiger charge is 2.41. The molecule has 7 nitrogen and oxygen atoms in total. The van der Waals surface area contributed by atoms with Crippen molar-refractivity contribution in [2.75, 3.05) is 19.6 Å². The first-order chi connectivity index (χ1) is 12.8. The Morgan fingerprint density at radius 1 is 1.26 bits per heavy atom. The zero-order valence-electron chi connectivity index (χ0n) is 17.1. The van der Waals surface area contributed by atoms with Gasteiger partial charge in [0.2, 0.25) is 11.8 Å². The molecule has 2 amide bonds. The van der Waals surface area contributed by atoms with Gasteiger partial charge in [0, 0.05) is 37.8 Å². The molecule has 0 N–H and O–H groups in total. The molecule has 0 unspecified atom stereocenters. The molecule has 150 valence electrons. The smallest absolute Gasteiger partial charge is 0.227 e. The van der Waals surface area contributed by atoms with Crippen LogP contribution in [-0.4, -0.2) is 61.8 Å². The van der Waals surface area contributed by atoms with E-state index in [1.54, 1.807) is 0 Å². The third kappa shape index (κ3) is 4.50. The fourth-order valence-corrected chi connectivity index (χ4v) is 4.09. The van der Waals surface area contributed by atoms with E-state index in [1.807, 2.05) is 35.3 Å². The van der Waals surface area contributed by atoms with Crippen molar-refractivity contribution in [2.24, 2.45) is 5.92 Å². The number of carbonyl (C=O) groups excluding carboxylic acids is 2. The third-order valence-electron chi connectivity index (χ3n) is 5.78. The Labute approximate surface area is 162 Å². The number of unbranched alkanes of at least 4 members (excludes halogenated alkanes) is 1. The van der Waals surface area contributed by atoms with Crippen LogP contribution in [0.2, 0.25) is 0 Å². The Morgan fingerprint density at radius 2 is 1.96 bits per heavy atom. The van der Waals surface area contributed by atoms with E-state index in [9.17, 15) is 9.59 Å². The minimum absolute atomic E-state index is 0.0953. The average Bonchev–Trinajstić information content (AvgIpc) is 3.26. The number of rotatable bonds is 5. The monoisotopic (exact) mass is 375 g/mol. The van der Waals surface area contributed by atoms with Gasteiger partial charge in [0.15, 0.2) is 0 Å². The molecule has 3 rings (SSSR count). The van der Waals surface area contributed by atoms with E-state index in [4.69, 9.17) is 0 Å². The molecule has 0 aromatic carbocycles. The lowest BCUT2D eigenvalue weighted by atomic mass is 10.0. The maximum atomic E-state index is 12.9. The molecule has 2 fully saturated rings. The number of aryl methyl sites for hydroxylation is 1. The molecular formula is C20H33N5O2. The van der Waals surface area contributed by atoms with Crippen molar-refractivity contribution in [3.63, 3.8) is 0 Å². The van der Waals surface area contributed by atoms with Crippen molar-refractivity contribution in [1.82, 2.24) is 24.8 Å². The highest BCUT2D eigenvalue weighted by molar-refractivity contribution is 5.89. The van der Waals surface area contributed by atoms with E-state index in [-0.39, 0.29) is 23.3 Å². The first-order valence-electron chi connectivity index (χ1n) is 10.3. The molecular weight excluding hydrogens is 342 g/mol. The summed E-state index contributed by atoms with van der Waals surface area (Å²) >= 11 is 0. The standard InChI is InChI=1S/C20H33N5O2/c1-5-6-7-16-14-25(22-21-16)17-8-10-23(11-9-17)19(27)15-12-18(26)24(13-15)20(2,3)4/h14-15,17H,5-13H2,1-4H3/t15-/m0/s1. The second kappa shape index (κ2) is 7.98. The highest BCUT2D eigenvalue weighted by atomic mass is 16.2. The summed E-state index contributed by atoms with van der Waals surface area (Å²) in [4.78, 5) is 28.9. The summed E-state index contributed by atoms with van der Waals surface area (Å²) in [5, 5.41) is 8.57. The molecule has 2 aliphatic rings. The van der Waals surface area contributed by atoms with Gasteiger partial charge in [0.1, 0.15) is 0 Å². The summed E-state index contributed by atoms with van der Waals surface area (Å²) in [5.74, 6) is 0.0361. The van der Waals surface area contributed by atoms with Gasteiger partial charge in [-0.15, -0.1) is 5.10 Å². The normalized spacial score (nSPS) is 21.9. The van der Waals surface area contributed by atoms with Crippen LogP contribution in [0.5, 0.6) is 0 Å². The number of amides is 2. The van der Waals surface area contributed by atoms with Gasteiger partial charge in [-0.05, 0) is 46.5 Å². The number of hydrogen-bond acceptors (Lipinski definition) is 4. The maximum absolute atomic E-state index is 12.9. The van der Waals surface area contributed by atoms with Crippen LogP contribution in [0.25, 0.3) is 0 Å². The van der Waals surface area contributed by atoms with E-state index in [2.05, 4.69) is 23.4 Å². The van der Waals surface area contributed by atoms with E-state index in [1.165, 1.54) is 0 Å². The lowest BCUT2D eigenvalue weighted by molar-refractivity contribution is -0.137. The molecule has 0 bridgehead atoms. The fraction of sp³-hybridized carbons (Fsp3) is 0.800. The van der Waals surface area contributed by atoms with Gasteiger partial charge >= 0.3 is 0 Å². The number of carbonyl (C=O) groups is 2. The van der Waals surface area contributed by atoms with Crippen molar-refractivity contribution < 1.29 is 9.59 Å². The van der Waals surface area contributed by atoms with Gasteiger partial charge in [-0.25, -0.2) is 4.68 Å². The maximum Gasteiger partial charge on any atom is 0.227 e. The molecule has 1 aromatic rings. The molecule has 3 heterocycles. The highest BCUT2D eigenvalue weighted by Crippen LogP contribution is 2.29. The lowest BCUT2D eigenvalue weighted by Gasteiger charge is -2.34. The quantitative estimate of drug-likeness (QED) is 0.792. The van der Waals surface area contributed by atoms with Gasteiger partial charge in [-0.2, -0.15) is 0 Å². The topological polar surface area (TPSA) is 71.3 Å². The van der Waals surface area contributed by atoms with Crippen molar-refractivity contribution in [3.8, 4) is 0 Å². The first kappa shape index (κ1) is 19.8. The minimum Gasteiger partial charge on any atom is -0.342 e. The van der Waals surface area contributed by atoms with Crippen LogP contribution in [0.3, 0.4) is 0 Å². The molecule has 1 aromatic heterocycles. The number of aromatic nitrogens is 3. The predicted molar refractivity (Wildman–Crippen MR) is 103 cm³/mol. The first-order valence-corrected chi connectivity index (χ1v) is 10.3. The van der Waals surface area contributed by atoms with Crippen LogP contribution >= 0.6 is 0 Å². The van der Waals surface area contributed by atoms with Crippen LogP contribution in [0, 0.1) is 5.92 Å². The second-order valence-electron chi connectivity index (χ2n) is 8.93. The lowest BCUT2D eigenvalue weighted by Crippen LogP contribution is -2.45. The SMILES string of the molecule is CCCCc1cn(C2CCN(C(=O)[C@H]3CC(=O)N(C(C)(C)C)C3)CC2)nn1. The molecule has 0 aliphatic carbocycles. The minimum atomic E-state index is -0.221. The zero-order chi connectivity index (χ0) is 19.6. The molecule has 0 spiro atoms. The van der Waals surface area contributed by atoms with Crippen LogP contribution in [-0.2, 0) is 16.0 Å². The summed E-state index contributed by atoms with van der Waals surface area (Å²) in [6.07, 6.45) is 7.47. The number of hydrogen-bond donors (Lipinski definition) is 0. The molecule has 7 heteroatoms. The van der Waals surface area contributed by atoms with Gasteiger partial charge in [0.05, 0.1) is 17.7 Å². The van der Waals surface area contributed by atoms with E-state index >= 15 is 0 Å². The Kier molecular flexibility index (Phi) is 5.86. The van der Waals surface area contributed by atoms with Gasteiger partial charge in [-0.1, -0.05) is 18.6 Å². The third-order valence-corrected chi connectivity index (χ3v) is 5.78. The number of likely N-dealkylation sites (tertiary alicyclic amines) is 2. The second-order valence-corrected chi connectivity index (χ2v) is 8.93. The molecule has 2 aliphatic heterocycles. The van der Waals surface area contributed by atoms with Crippen LogP contribution in [0.1, 0.15) is 71.5 Å². The molecule has 0 saturated carbocycles. The Hall–Kier alpha value is -1.92. The summed E-state index contributed by atoms with van der Waals surface area (Å²) in [7, 11) is 0. The van der Waals surface area contributed by atoms with Gasteiger partial charge in [-0.3, -0.25) is 9.59 Å². The summed E-state index contributed by atoms with van der Waals surface area (Å²) in [5.41, 5.74) is 0.837. The van der Waals surface area contributed by atoms with Crippen molar-refractivity contribution in [3.05, 3.63) is 11.9 Å². The Balaban J connectivity index is 1.52. The molecule has 2 saturated heterocycles. The Morgan fingerprint density at radius 3 is 2.56 bits per heavy atom. The van der Waals surface area contributed by atoms with Crippen LogP contribution < -0.4 is 0 Å². The van der Waals surface area contributed by atoms with Crippen molar-refractivity contribution in [1.29, 1.82) is 0 Å². The molecule has 1 atom stereocenters. The summed E-state index contributed by atoms with van der Waals surface area (Å²) < 4.78 is 1.98. The average molecular weight is 376 g/mol. The molecule has 27 heavy (non-hydrogen) atoms. The van der Waals surface area contributed by atoms with Crippen molar-refractivity contribution >= 4 is 11.8 Å². The van der Waals surface area contributed by atoms with Crippen LogP contribution in [0.15, 0.2) is 6.20 Å². The van der Waals surface area contributed by atoms with Gasteiger partial charge < -0.3 is 9.80 Å². The number of nitrogens with zero attached hydrogens (tertiary/aromatic N) is 5. The summed E-state index contributed by atoms with van der Waals surface area (Å²) in [6.45, 7) is 10.3. The van der Waals surface area contributed by atoms with E-state index < -0.39 is 0 Å². The number of piperidine rings is 1. The molecule has 0 radical (unpaired) electrons. The van der Waals surface area contributed by atoms with Crippen molar-refractivity contribution in [2.45, 2.75) is 77.8 Å². The summed E-state index contributed by atoms with van der Waals surface area (Å²) in [6, 6.07) is 0.313. The van der Waals surface area contributed by atoms with E-state index in [0.717, 1.165) is 50.9 Å². The van der Waals surface area contributed by atoms with Gasteiger partial charge in [0.25, 0.3) is 0 Å². The van der Waals surface area contributed by atoms with E-state index in [0.29, 0.717) is 19.0 Å². The zero-order valence-corrected chi connectivity index (χ0v) is 17.1.